The number of aromatic nitrogens is 1. The molecule has 25 heavy (non-hydrogen) atoms. The molecular weight excluding hydrogens is 343 g/mol. The number of hydrazone groups is 1. The van der Waals surface area contributed by atoms with Crippen LogP contribution in [0.2, 0.25) is 0 Å². The molecule has 1 aromatic carbocycles. The van der Waals surface area contributed by atoms with Crippen molar-refractivity contribution < 1.29 is 12.8 Å². The zero-order valence-corrected chi connectivity index (χ0v) is 15.2. The molecule has 6 nitrogen and oxygen atoms in total. The van der Waals surface area contributed by atoms with Crippen LogP contribution >= 0.6 is 0 Å². The highest BCUT2D eigenvalue weighted by atomic mass is 32.2. The minimum absolute atomic E-state index is 0.122. The van der Waals surface area contributed by atoms with E-state index in [1.54, 1.807) is 39.0 Å². The number of nitrogens with one attached hydrogen (secondary N) is 1. The second kappa shape index (κ2) is 8.17. The van der Waals surface area contributed by atoms with Gasteiger partial charge in [0.1, 0.15) is 16.5 Å². The Hall–Kier alpha value is -2.32. The molecule has 0 atom stereocenters. The van der Waals surface area contributed by atoms with Crippen LogP contribution in [0.4, 0.5) is 10.2 Å². The molecular formula is C17H21FN4O2S. The third-order valence-corrected chi connectivity index (χ3v) is 5.71. The van der Waals surface area contributed by atoms with Gasteiger partial charge in [0.2, 0.25) is 10.0 Å². The standard InChI is InChI=1S/C17H21FN4O2S/c1-4-22(5-2)25(23,24)14-10-11-17(19-12-14)21-20-13(3)15-8-6-7-9-16(15)18/h6-12H,4-5H2,1-3H3,(H,19,21)/b20-13-. The lowest BCUT2D eigenvalue weighted by Crippen LogP contribution is -2.30. The fraction of sp³-hybridized carbons (Fsp3) is 0.294. The number of anilines is 1. The predicted octanol–water partition coefficient (Wildman–Crippen LogP) is 3.09. The van der Waals surface area contributed by atoms with Crippen molar-refractivity contribution in [3.8, 4) is 0 Å². The van der Waals surface area contributed by atoms with Gasteiger partial charge in [-0.15, -0.1) is 0 Å². The van der Waals surface area contributed by atoms with Crippen molar-refractivity contribution in [2.75, 3.05) is 18.5 Å². The molecule has 1 aromatic heterocycles. The summed E-state index contributed by atoms with van der Waals surface area (Å²) in [7, 11) is -3.54. The van der Waals surface area contributed by atoms with Crippen LogP contribution < -0.4 is 5.43 Å². The van der Waals surface area contributed by atoms with Crippen molar-refractivity contribution in [1.29, 1.82) is 0 Å². The zero-order valence-electron chi connectivity index (χ0n) is 14.4. The maximum atomic E-state index is 13.7. The normalized spacial score (nSPS) is 12.4. The van der Waals surface area contributed by atoms with E-state index in [-0.39, 0.29) is 10.7 Å². The SMILES string of the molecule is CCN(CC)S(=O)(=O)c1ccc(N/N=C(/C)c2ccccc2F)nc1. The van der Waals surface area contributed by atoms with Gasteiger partial charge >= 0.3 is 0 Å². The van der Waals surface area contributed by atoms with E-state index in [1.165, 1.54) is 28.7 Å². The van der Waals surface area contributed by atoms with Gasteiger partial charge in [0.15, 0.2) is 0 Å². The predicted molar refractivity (Wildman–Crippen MR) is 96.6 cm³/mol. The number of pyridine rings is 1. The lowest BCUT2D eigenvalue weighted by atomic mass is 10.1. The Bertz CT molecular complexity index is 847. The van der Waals surface area contributed by atoms with Crippen LogP contribution in [0.5, 0.6) is 0 Å². The maximum Gasteiger partial charge on any atom is 0.244 e. The molecule has 0 saturated carbocycles. The number of sulfonamides is 1. The van der Waals surface area contributed by atoms with Gasteiger partial charge in [0.05, 0.1) is 5.71 Å². The molecule has 2 rings (SSSR count). The molecule has 0 radical (unpaired) electrons. The summed E-state index contributed by atoms with van der Waals surface area (Å²) in [5, 5.41) is 4.09. The second-order valence-corrected chi connectivity index (χ2v) is 7.20. The summed E-state index contributed by atoms with van der Waals surface area (Å²) in [5.41, 5.74) is 3.55. The molecule has 2 aromatic rings. The molecule has 1 N–H and O–H groups in total. The summed E-state index contributed by atoms with van der Waals surface area (Å²) in [4.78, 5) is 4.19. The molecule has 0 spiro atoms. The largest absolute Gasteiger partial charge is 0.261 e. The van der Waals surface area contributed by atoms with Crippen LogP contribution in [-0.4, -0.2) is 36.5 Å². The summed E-state index contributed by atoms with van der Waals surface area (Å²) >= 11 is 0. The molecule has 134 valence electrons. The van der Waals surface area contributed by atoms with Crippen molar-refractivity contribution in [2.45, 2.75) is 25.7 Å². The van der Waals surface area contributed by atoms with Gasteiger partial charge in [0, 0.05) is 24.8 Å². The first-order chi connectivity index (χ1) is 11.9. The van der Waals surface area contributed by atoms with Gasteiger partial charge in [-0.1, -0.05) is 32.0 Å². The highest BCUT2D eigenvalue weighted by Gasteiger charge is 2.21. The minimum Gasteiger partial charge on any atom is -0.261 e. The van der Waals surface area contributed by atoms with Crippen LogP contribution in [-0.2, 0) is 10.0 Å². The van der Waals surface area contributed by atoms with Crippen molar-refractivity contribution >= 4 is 21.6 Å². The highest BCUT2D eigenvalue weighted by Crippen LogP contribution is 2.16. The third kappa shape index (κ3) is 4.40. The minimum atomic E-state index is -3.54. The Morgan fingerprint density at radius 2 is 1.88 bits per heavy atom. The van der Waals surface area contributed by atoms with Gasteiger partial charge in [-0.3, -0.25) is 5.43 Å². The summed E-state index contributed by atoms with van der Waals surface area (Å²) in [6.45, 7) is 6.02. The Morgan fingerprint density at radius 1 is 1.20 bits per heavy atom. The quantitative estimate of drug-likeness (QED) is 0.605. The van der Waals surface area contributed by atoms with Gasteiger partial charge in [-0.2, -0.15) is 9.41 Å². The average molecular weight is 364 g/mol. The monoisotopic (exact) mass is 364 g/mol. The lowest BCUT2D eigenvalue weighted by Gasteiger charge is -2.18. The fourth-order valence-electron chi connectivity index (χ4n) is 2.27. The van der Waals surface area contributed by atoms with E-state index in [0.717, 1.165) is 0 Å². The van der Waals surface area contributed by atoms with Crippen LogP contribution in [0.15, 0.2) is 52.6 Å². The molecule has 0 aliphatic carbocycles. The summed E-state index contributed by atoms with van der Waals surface area (Å²) in [5.74, 6) is 0.00774. The van der Waals surface area contributed by atoms with Crippen LogP contribution in [0.1, 0.15) is 26.3 Å². The average Bonchev–Trinajstić information content (AvgIpc) is 2.61. The molecule has 0 aliphatic heterocycles. The number of halogens is 1. The van der Waals surface area contributed by atoms with Crippen molar-refractivity contribution in [3.05, 3.63) is 54.0 Å². The first kappa shape index (κ1) is 19.0. The topological polar surface area (TPSA) is 74.7 Å². The first-order valence-corrected chi connectivity index (χ1v) is 9.35. The first-order valence-electron chi connectivity index (χ1n) is 7.91. The van der Waals surface area contributed by atoms with Gasteiger partial charge < -0.3 is 0 Å². The van der Waals surface area contributed by atoms with E-state index in [9.17, 15) is 12.8 Å². The smallest absolute Gasteiger partial charge is 0.244 e. The number of rotatable bonds is 7. The van der Waals surface area contributed by atoms with Gasteiger partial charge in [0.25, 0.3) is 0 Å². The molecule has 0 unspecified atom stereocenters. The fourth-order valence-corrected chi connectivity index (χ4v) is 3.67. The molecule has 0 amide bonds. The third-order valence-electron chi connectivity index (χ3n) is 3.68. The lowest BCUT2D eigenvalue weighted by molar-refractivity contribution is 0.445. The molecule has 0 fully saturated rings. The summed E-state index contributed by atoms with van der Waals surface area (Å²) < 4.78 is 39.8. The summed E-state index contributed by atoms with van der Waals surface area (Å²) in [6.07, 6.45) is 1.28. The van der Waals surface area contributed by atoms with Crippen LogP contribution in [0.3, 0.4) is 0 Å². The molecule has 8 heteroatoms. The molecule has 0 bridgehead atoms. The van der Waals surface area contributed by atoms with Crippen LogP contribution in [0.25, 0.3) is 0 Å². The van der Waals surface area contributed by atoms with Crippen molar-refractivity contribution in [3.63, 3.8) is 0 Å². The van der Waals surface area contributed by atoms with E-state index in [0.29, 0.717) is 30.2 Å². The Kier molecular flexibility index (Phi) is 6.22. The summed E-state index contributed by atoms with van der Waals surface area (Å²) in [6, 6.07) is 9.31. The van der Waals surface area contributed by atoms with E-state index in [1.807, 2.05) is 0 Å². The molecule has 0 saturated heterocycles. The van der Waals surface area contributed by atoms with Crippen molar-refractivity contribution in [2.24, 2.45) is 5.10 Å². The second-order valence-electron chi connectivity index (χ2n) is 5.26. The number of hydrogen-bond donors (Lipinski definition) is 1. The number of nitrogens with zero attached hydrogens (tertiary/aromatic N) is 3. The highest BCUT2D eigenvalue weighted by molar-refractivity contribution is 7.89. The van der Waals surface area contributed by atoms with E-state index in [2.05, 4.69) is 15.5 Å². The van der Waals surface area contributed by atoms with Gasteiger partial charge in [-0.05, 0) is 25.1 Å². The van der Waals surface area contributed by atoms with E-state index in [4.69, 9.17) is 0 Å². The Labute approximate surface area is 147 Å². The Morgan fingerprint density at radius 3 is 2.44 bits per heavy atom. The molecule has 1 heterocycles. The maximum absolute atomic E-state index is 13.7. The zero-order chi connectivity index (χ0) is 18.4. The molecule has 0 aliphatic rings. The van der Waals surface area contributed by atoms with Crippen molar-refractivity contribution in [1.82, 2.24) is 9.29 Å². The van der Waals surface area contributed by atoms with Gasteiger partial charge in [-0.25, -0.2) is 17.8 Å². The number of hydrogen-bond acceptors (Lipinski definition) is 5. The van der Waals surface area contributed by atoms with E-state index >= 15 is 0 Å². The van der Waals surface area contributed by atoms with Crippen LogP contribution in [0, 0.1) is 5.82 Å². The van der Waals surface area contributed by atoms with E-state index < -0.39 is 10.0 Å². The number of benzene rings is 1. The Balaban J connectivity index is 2.16.